The van der Waals surface area contributed by atoms with Crippen LogP contribution in [0.1, 0.15) is 56.2 Å². The smallest absolute Gasteiger partial charge is 0.129 e. The minimum absolute atomic E-state index is 0.435. The molecule has 0 radical (unpaired) electrons. The monoisotopic (exact) mass is 276 g/mol. The van der Waals surface area contributed by atoms with Gasteiger partial charge >= 0.3 is 0 Å². The highest BCUT2D eigenvalue weighted by atomic mass is 15.1. The van der Waals surface area contributed by atoms with E-state index in [2.05, 4.69) is 35.2 Å². The van der Waals surface area contributed by atoms with Crippen molar-refractivity contribution in [2.45, 2.75) is 52.0 Å². The van der Waals surface area contributed by atoms with Gasteiger partial charge in [-0.05, 0) is 39.4 Å². The molecule has 0 amide bonds. The molecule has 1 N–H and O–H groups in total. The van der Waals surface area contributed by atoms with Crippen molar-refractivity contribution in [3.63, 3.8) is 0 Å². The maximum atomic E-state index is 4.83. The fraction of sp³-hybridized carbons (Fsp3) is 0.750. The summed E-state index contributed by atoms with van der Waals surface area (Å²) in [5.74, 6) is 1.01. The number of nitrogens with one attached hydrogen (secondary N) is 1. The van der Waals surface area contributed by atoms with E-state index in [0.29, 0.717) is 6.04 Å². The highest BCUT2D eigenvalue weighted by Gasteiger charge is 2.19. The zero-order chi connectivity index (χ0) is 14.4. The molecular formula is C16H28N4. The van der Waals surface area contributed by atoms with Crippen LogP contribution >= 0.6 is 0 Å². The molecule has 1 aromatic heterocycles. The zero-order valence-corrected chi connectivity index (χ0v) is 13.2. The van der Waals surface area contributed by atoms with Gasteiger partial charge in [0, 0.05) is 36.5 Å². The standard InChI is InChI=1S/C16H28N4/c1-4-20(5-2)11-10-16-18-12-13-14(17-3)8-6-7-9-15(13)19-16/h12,14,17H,4-11H2,1-3H3. The highest BCUT2D eigenvalue weighted by Crippen LogP contribution is 2.26. The molecule has 2 rings (SSSR count). The second-order valence-electron chi connectivity index (χ2n) is 5.55. The van der Waals surface area contributed by atoms with Gasteiger partial charge in [-0.25, -0.2) is 9.97 Å². The zero-order valence-electron chi connectivity index (χ0n) is 13.2. The van der Waals surface area contributed by atoms with E-state index in [9.17, 15) is 0 Å². The van der Waals surface area contributed by atoms with E-state index in [0.717, 1.165) is 38.3 Å². The molecule has 0 fully saturated rings. The van der Waals surface area contributed by atoms with E-state index in [-0.39, 0.29) is 0 Å². The molecule has 1 heterocycles. The van der Waals surface area contributed by atoms with Gasteiger partial charge in [0.05, 0.1) is 0 Å². The van der Waals surface area contributed by atoms with Crippen molar-refractivity contribution in [2.75, 3.05) is 26.7 Å². The van der Waals surface area contributed by atoms with Crippen LogP contribution in [0.4, 0.5) is 0 Å². The summed E-state index contributed by atoms with van der Waals surface area (Å²) in [6, 6.07) is 0.435. The first kappa shape index (κ1) is 15.4. The number of hydrogen-bond acceptors (Lipinski definition) is 4. The normalized spacial score (nSPS) is 18.9. The molecule has 1 aromatic rings. The van der Waals surface area contributed by atoms with Crippen molar-refractivity contribution < 1.29 is 0 Å². The Hall–Kier alpha value is -1.00. The summed E-state index contributed by atoms with van der Waals surface area (Å²) in [7, 11) is 2.04. The summed E-state index contributed by atoms with van der Waals surface area (Å²) in [5, 5.41) is 3.40. The van der Waals surface area contributed by atoms with Gasteiger partial charge in [0.15, 0.2) is 0 Å². The molecule has 0 aromatic carbocycles. The molecule has 0 saturated heterocycles. The first-order chi connectivity index (χ1) is 9.78. The molecule has 0 spiro atoms. The molecule has 0 aliphatic heterocycles. The van der Waals surface area contributed by atoms with Gasteiger partial charge in [-0.2, -0.15) is 0 Å². The van der Waals surface area contributed by atoms with E-state index in [1.54, 1.807) is 0 Å². The molecule has 20 heavy (non-hydrogen) atoms. The van der Waals surface area contributed by atoms with Crippen LogP contribution in [0.5, 0.6) is 0 Å². The van der Waals surface area contributed by atoms with Gasteiger partial charge in [-0.3, -0.25) is 0 Å². The van der Waals surface area contributed by atoms with E-state index in [4.69, 9.17) is 4.98 Å². The van der Waals surface area contributed by atoms with E-state index in [1.165, 1.54) is 30.5 Å². The van der Waals surface area contributed by atoms with Gasteiger partial charge in [-0.1, -0.05) is 20.3 Å². The highest BCUT2D eigenvalue weighted by molar-refractivity contribution is 5.23. The Bertz CT molecular complexity index is 415. The molecule has 1 aliphatic carbocycles. The number of rotatable bonds is 6. The Morgan fingerprint density at radius 1 is 1.30 bits per heavy atom. The van der Waals surface area contributed by atoms with Crippen molar-refractivity contribution >= 4 is 0 Å². The van der Waals surface area contributed by atoms with Gasteiger partial charge in [0.25, 0.3) is 0 Å². The predicted molar refractivity (Wildman–Crippen MR) is 82.9 cm³/mol. The van der Waals surface area contributed by atoms with Crippen LogP contribution < -0.4 is 5.32 Å². The lowest BCUT2D eigenvalue weighted by Gasteiger charge is -2.18. The third-order valence-electron chi connectivity index (χ3n) is 4.38. The maximum Gasteiger partial charge on any atom is 0.129 e. The van der Waals surface area contributed by atoms with Gasteiger partial charge in [0.1, 0.15) is 5.82 Å². The third kappa shape index (κ3) is 3.76. The number of fused-ring (bicyclic) bond motifs is 1. The lowest BCUT2D eigenvalue weighted by atomic mass is 10.1. The summed E-state index contributed by atoms with van der Waals surface area (Å²) < 4.78 is 0. The predicted octanol–water partition coefficient (Wildman–Crippen LogP) is 2.35. The van der Waals surface area contributed by atoms with Crippen molar-refractivity contribution in [1.82, 2.24) is 20.2 Å². The Balaban J connectivity index is 2.08. The van der Waals surface area contributed by atoms with E-state index >= 15 is 0 Å². The Kier molecular flexibility index (Phi) is 5.92. The summed E-state index contributed by atoms with van der Waals surface area (Å²) in [5.41, 5.74) is 2.59. The number of aryl methyl sites for hydroxylation is 1. The minimum atomic E-state index is 0.435. The SMILES string of the molecule is CCN(CC)CCc1ncc2c(n1)CCCCC2NC. The fourth-order valence-electron chi connectivity index (χ4n) is 2.97. The van der Waals surface area contributed by atoms with Crippen molar-refractivity contribution in [3.05, 3.63) is 23.3 Å². The molecule has 0 bridgehead atoms. The summed E-state index contributed by atoms with van der Waals surface area (Å²) in [4.78, 5) is 11.9. The fourth-order valence-corrected chi connectivity index (χ4v) is 2.97. The van der Waals surface area contributed by atoms with Crippen molar-refractivity contribution in [2.24, 2.45) is 0 Å². The van der Waals surface area contributed by atoms with Crippen LogP contribution in [0.2, 0.25) is 0 Å². The first-order valence-electron chi connectivity index (χ1n) is 8.02. The summed E-state index contributed by atoms with van der Waals surface area (Å²) >= 11 is 0. The number of aromatic nitrogens is 2. The van der Waals surface area contributed by atoms with Crippen LogP contribution in [0, 0.1) is 0 Å². The third-order valence-corrected chi connectivity index (χ3v) is 4.38. The molecule has 1 aliphatic rings. The van der Waals surface area contributed by atoms with Gasteiger partial charge in [0.2, 0.25) is 0 Å². The van der Waals surface area contributed by atoms with Crippen LogP contribution in [-0.2, 0) is 12.8 Å². The first-order valence-corrected chi connectivity index (χ1v) is 8.02. The second-order valence-corrected chi connectivity index (χ2v) is 5.55. The molecule has 112 valence electrons. The van der Waals surface area contributed by atoms with Crippen LogP contribution in [0.25, 0.3) is 0 Å². The summed E-state index contributed by atoms with van der Waals surface area (Å²) in [6.07, 6.45) is 7.85. The molecule has 1 unspecified atom stereocenters. The molecular weight excluding hydrogens is 248 g/mol. The average Bonchev–Trinajstić information content (AvgIpc) is 2.69. The number of hydrogen-bond donors (Lipinski definition) is 1. The Morgan fingerprint density at radius 3 is 2.80 bits per heavy atom. The average molecular weight is 276 g/mol. The van der Waals surface area contributed by atoms with Crippen molar-refractivity contribution in [3.8, 4) is 0 Å². The Morgan fingerprint density at radius 2 is 2.10 bits per heavy atom. The quantitative estimate of drug-likeness (QED) is 0.810. The lowest BCUT2D eigenvalue weighted by molar-refractivity contribution is 0.305. The molecule has 4 nitrogen and oxygen atoms in total. The molecule has 4 heteroatoms. The van der Waals surface area contributed by atoms with Crippen LogP contribution in [-0.4, -0.2) is 41.5 Å². The van der Waals surface area contributed by atoms with Gasteiger partial charge in [-0.15, -0.1) is 0 Å². The topological polar surface area (TPSA) is 41.1 Å². The summed E-state index contributed by atoms with van der Waals surface area (Å²) in [6.45, 7) is 7.67. The van der Waals surface area contributed by atoms with E-state index in [1.807, 2.05) is 7.05 Å². The largest absolute Gasteiger partial charge is 0.313 e. The second kappa shape index (κ2) is 7.70. The molecule has 1 atom stereocenters. The van der Waals surface area contributed by atoms with E-state index < -0.39 is 0 Å². The van der Waals surface area contributed by atoms with Crippen LogP contribution in [0.3, 0.4) is 0 Å². The van der Waals surface area contributed by atoms with Gasteiger partial charge < -0.3 is 10.2 Å². The van der Waals surface area contributed by atoms with Crippen LogP contribution in [0.15, 0.2) is 6.20 Å². The molecule has 0 saturated carbocycles. The number of likely N-dealkylation sites (N-methyl/N-ethyl adjacent to an activating group) is 1. The van der Waals surface area contributed by atoms with Crippen molar-refractivity contribution in [1.29, 1.82) is 0 Å². The minimum Gasteiger partial charge on any atom is -0.313 e. The maximum absolute atomic E-state index is 4.83. The number of nitrogens with zero attached hydrogens (tertiary/aromatic N) is 3. The Labute approximate surface area is 123 Å². The lowest BCUT2D eigenvalue weighted by Crippen LogP contribution is -2.26.